The highest BCUT2D eigenvalue weighted by Crippen LogP contribution is 2.49. The van der Waals surface area contributed by atoms with Gasteiger partial charge in [-0.3, -0.25) is 9.59 Å². The maximum Gasteiger partial charge on any atom is 0.311 e. The van der Waals surface area contributed by atoms with Crippen LogP contribution in [0.2, 0.25) is 0 Å². The molecule has 1 amide bonds. The van der Waals surface area contributed by atoms with Crippen LogP contribution in [-0.4, -0.2) is 48.2 Å². The molecule has 4 rings (SSSR count). The largest absolute Gasteiger partial charge is 0.481 e. The molecule has 2 atom stereocenters. The van der Waals surface area contributed by atoms with Crippen molar-refractivity contribution >= 4 is 11.9 Å². The fourth-order valence-corrected chi connectivity index (χ4v) is 4.10. The minimum absolute atomic E-state index is 0.0174. The first-order valence-corrected chi connectivity index (χ1v) is 8.42. The third-order valence-corrected chi connectivity index (χ3v) is 5.83. The number of carboxylic acid groups (broad SMARTS) is 1. The number of hydrogen-bond donors (Lipinski definition) is 1. The molecule has 2 aliphatic heterocycles. The first-order valence-electron chi connectivity index (χ1n) is 8.42. The molecule has 0 aromatic heterocycles. The first-order chi connectivity index (χ1) is 10.6. The third kappa shape index (κ3) is 2.35. The minimum atomic E-state index is -0.791. The van der Waals surface area contributed by atoms with E-state index in [0.29, 0.717) is 44.6 Å². The van der Waals surface area contributed by atoms with Crippen molar-refractivity contribution in [3.05, 3.63) is 11.6 Å². The molecule has 0 bridgehead atoms. The Bertz CT molecular complexity index is 521. The molecule has 0 radical (unpaired) electrons. The van der Waals surface area contributed by atoms with Gasteiger partial charge < -0.3 is 14.7 Å². The summed E-state index contributed by atoms with van der Waals surface area (Å²) < 4.78 is 5.45. The molecule has 2 heterocycles. The molecule has 0 unspecified atom stereocenters. The van der Waals surface area contributed by atoms with E-state index in [1.807, 2.05) is 6.08 Å². The van der Waals surface area contributed by atoms with Crippen molar-refractivity contribution in [3.8, 4) is 0 Å². The van der Waals surface area contributed by atoms with Gasteiger partial charge in [-0.05, 0) is 43.9 Å². The summed E-state index contributed by atoms with van der Waals surface area (Å²) in [5.41, 5.74) is 0.543. The second-order valence-corrected chi connectivity index (χ2v) is 7.39. The van der Waals surface area contributed by atoms with Crippen LogP contribution >= 0.6 is 0 Å². The van der Waals surface area contributed by atoms with E-state index in [1.165, 1.54) is 31.3 Å². The summed E-state index contributed by atoms with van der Waals surface area (Å²) in [4.78, 5) is 26.2. The van der Waals surface area contributed by atoms with E-state index in [0.717, 1.165) is 0 Å². The fourth-order valence-electron chi connectivity index (χ4n) is 4.10. The molecule has 2 saturated heterocycles. The summed E-state index contributed by atoms with van der Waals surface area (Å²) in [5, 5.41) is 9.67. The van der Waals surface area contributed by atoms with Gasteiger partial charge in [-0.25, -0.2) is 0 Å². The van der Waals surface area contributed by atoms with Crippen LogP contribution in [0.1, 0.15) is 32.1 Å². The quantitative estimate of drug-likeness (QED) is 0.803. The standard InChI is InChI=1S/C17H23NO4/c19-15(7-14(11-1-2-11)12-3-4-12)18-8-13-9-22-6-5-17(13,10-18)16(20)21/h7,11-13H,1-6,8-10H2,(H,20,21)/t13-,17+/m0/s1. The van der Waals surface area contributed by atoms with Gasteiger partial charge in [0.15, 0.2) is 0 Å². The van der Waals surface area contributed by atoms with Crippen molar-refractivity contribution in [3.63, 3.8) is 0 Å². The van der Waals surface area contributed by atoms with Crippen molar-refractivity contribution in [2.24, 2.45) is 23.2 Å². The molecule has 4 aliphatic rings. The molecule has 0 aromatic rings. The number of likely N-dealkylation sites (tertiary alicyclic amines) is 1. The van der Waals surface area contributed by atoms with E-state index in [2.05, 4.69) is 0 Å². The Morgan fingerprint density at radius 3 is 2.41 bits per heavy atom. The van der Waals surface area contributed by atoms with Crippen molar-refractivity contribution in [1.82, 2.24) is 4.90 Å². The highest BCUT2D eigenvalue weighted by molar-refractivity contribution is 5.90. The Kier molecular flexibility index (Phi) is 3.29. The second kappa shape index (κ2) is 5.08. The average molecular weight is 305 g/mol. The van der Waals surface area contributed by atoms with Crippen molar-refractivity contribution in [1.29, 1.82) is 0 Å². The molecule has 5 heteroatoms. The number of carbonyl (C=O) groups is 2. The summed E-state index contributed by atoms with van der Waals surface area (Å²) >= 11 is 0. The van der Waals surface area contributed by atoms with Crippen LogP contribution in [0.5, 0.6) is 0 Å². The molecule has 120 valence electrons. The summed E-state index contributed by atoms with van der Waals surface area (Å²) in [7, 11) is 0. The number of carboxylic acids is 1. The summed E-state index contributed by atoms with van der Waals surface area (Å²) in [6.45, 7) is 1.80. The lowest BCUT2D eigenvalue weighted by Gasteiger charge is -2.33. The zero-order valence-corrected chi connectivity index (χ0v) is 12.8. The van der Waals surface area contributed by atoms with Gasteiger partial charge in [0.2, 0.25) is 5.91 Å². The number of aliphatic carboxylic acids is 1. The number of rotatable bonds is 4. The molecule has 5 nitrogen and oxygen atoms in total. The lowest BCUT2D eigenvalue weighted by atomic mass is 9.74. The predicted octanol–water partition coefficient (Wildman–Crippen LogP) is 1.68. The number of amides is 1. The van der Waals surface area contributed by atoms with Gasteiger partial charge in [0.25, 0.3) is 0 Å². The van der Waals surface area contributed by atoms with Gasteiger partial charge in [-0.15, -0.1) is 0 Å². The van der Waals surface area contributed by atoms with E-state index in [-0.39, 0.29) is 11.8 Å². The van der Waals surface area contributed by atoms with E-state index in [4.69, 9.17) is 4.74 Å². The number of fused-ring (bicyclic) bond motifs is 1. The molecule has 2 aliphatic carbocycles. The van der Waals surface area contributed by atoms with Crippen LogP contribution in [0.15, 0.2) is 11.6 Å². The summed E-state index contributed by atoms with van der Waals surface area (Å²) in [6.07, 6.45) is 7.20. The fraction of sp³-hybridized carbons (Fsp3) is 0.765. The predicted molar refractivity (Wildman–Crippen MR) is 79.1 cm³/mol. The normalized spacial score (nSPS) is 34.2. The van der Waals surface area contributed by atoms with Crippen LogP contribution in [0, 0.1) is 23.2 Å². The molecule has 0 aromatic carbocycles. The topological polar surface area (TPSA) is 66.8 Å². The number of allylic oxidation sites excluding steroid dienone is 1. The van der Waals surface area contributed by atoms with Gasteiger partial charge in [0.05, 0.1) is 12.0 Å². The highest BCUT2D eigenvalue weighted by Gasteiger charge is 2.54. The zero-order chi connectivity index (χ0) is 15.3. The molecular weight excluding hydrogens is 282 g/mol. The monoisotopic (exact) mass is 305 g/mol. The maximum absolute atomic E-state index is 12.6. The van der Waals surface area contributed by atoms with Crippen LogP contribution in [0.25, 0.3) is 0 Å². The number of carbonyl (C=O) groups excluding carboxylic acids is 1. The van der Waals surface area contributed by atoms with Gasteiger partial charge in [-0.2, -0.15) is 0 Å². The number of nitrogens with zero attached hydrogens (tertiary/aromatic N) is 1. The van der Waals surface area contributed by atoms with Crippen molar-refractivity contribution in [2.75, 3.05) is 26.3 Å². The van der Waals surface area contributed by atoms with Crippen molar-refractivity contribution in [2.45, 2.75) is 32.1 Å². The Morgan fingerprint density at radius 2 is 1.86 bits per heavy atom. The summed E-state index contributed by atoms with van der Waals surface area (Å²) in [6, 6.07) is 0. The highest BCUT2D eigenvalue weighted by atomic mass is 16.5. The van der Waals surface area contributed by atoms with E-state index in [9.17, 15) is 14.7 Å². The Labute approximate surface area is 130 Å². The van der Waals surface area contributed by atoms with Crippen LogP contribution in [0.3, 0.4) is 0 Å². The van der Waals surface area contributed by atoms with Crippen LogP contribution in [-0.2, 0) is 14.3 Å². The minimum Gasteiger partial charge on any atom is -0.481 e. The van der Waals surface area contributed by atoms with E-state index >= 15 is 0 Å². The first kappa shape index (κ1) is 14.2. The lowest BCUT2D eigenvalue weighted by molar-refractivity contribution is -0.157. The smallest absolute Gasteiger partial charge is 0.311 e. The average Bonchev–Trinajstić information content (AvgIpc) is 3.40. The number of hydrogen-bond acceptors (Lipinski definition) is 3. The third-order valence-electron chi connectivity index (χ3n) is 5.83. The van der Waals surface area contributed by atoms with Gasteiger partial charge in [-0.1, -0.05) is 5.57 Å². The van der Waals surface area contributed by atoms with Gasteiger partial charge in [0.1, 0.15) is 0 Å². The molecule has 4 fully saturated rings. The SMILES string of the molecule is O=C(C=C(C1CC1)C1CC1)N1C[C@H]2COCC[C@@]2(C(=O)O)C1. The van der Waals surface area contributed by atoms with E-state index in [1.54, 1.807) is 4.90 Å². The zero-order valence-electron chi connectivity index (χ0n) is 12.8. The molecule has 0 spiro atoms. The molecular formula is C17H23NO4. The number of ether oxygens (including phenoxy) is 1. The second-order valence-electron chi connectivity index (χ2n) is 7.39. The Balaban J connectivity index is 1.52. The molecule has 2 saturated carbocycles. The van der Waals surface area contributed by atoms with Gasteiger partial charge in [0, 0.05) is 31.7 Å². The van der Waals surface area contributed by atoms with E-state index < -0.39 is 11.4 Å². The van der Waals surface area contributed by atoms with Crippen LogP contribution < -0.4 is 0 Å². The molecule has 1 N–H and O–H groups in total. The summed E-state index contributed by atoms with van der Waals surface area (Å²) in [5.74, 6) is 0.422. The maximum atomic E-state index is 12.6. The lowest BCUT2D eigenvalue weighted by Crippen LogP contribution is -2.45. The van der Waals surface area contributed by atoms with Crippen LogP contribution in [0.4, 0.5) is 0 Å². The van der Waals surface area contributed by atoms with Gasteiger partial charge >= 0.3 is 5.97 Å². The molecule has 22 heavy (non-hydrogen) atoms. The Hall–Kier alpha value is -1.36. The Morgan fingerprint density at radius 1 is 1.18 bits per heavy atom. The van der Waals surface area contributed by atoms with Crippen molar-refractivity contribution < 1.29 is 19.4 Å².